The first kappa shape index (κ1) is 21.6. The third kappa shape index (κ3) is 5.49. The number of methoxy groups -OCH3 is 1. The number of nitrogens with zero attached hydrogens (tertiary/aromatic N) is 1. The molecule has 2 aromatic carbocycles. The lowest BCUT2D eigenvalue weighted by Crippen LogP contribution is -2.26. The molecule has 0 fully saturated rings. The number of benzene rings is 2. The number of sulfonamides is 1. The third-order valence-corrected chi connectivity index (χ3v) is 5.80. The Morgan fingerprint density at radius 2 is 1.93 bits per heavy atom. The van der Waals surface area contributed by atoms with Gasteiger partial charge in [-0.05, 0) is 48.5 Å². The molecule has 1 amide bonds. The molecule has 3 rings (SSSR count). The number of carbonyl (C=O) groups excluding carboxylic acids is 1. The van der Waals surface area contributed by atoms with Gasteiger partial charge in [-0.25, -0.2) is 8.42 Å². The van der Waals surface area contributed by atoms with Crippen LogP contribution >= 0.6 is 11.6 Å². The first-order chi connectivity index (χ1) is 14.4. The number of aromatic nitrogens is 1. The summed E-state index contributed by atoms with van der Waals surface area (Å²) in [5.74, 6) is -0.0466. The highest BCUT2D eigenvalue weighted by Crippen LogP contribution is 2.29. The fourth-order valence-corrected chi connectivity index (χ4v) is 4.00. The van der Waals surface area contributed by atoms with Crippen LogP contribution in [-0.2, 0) is 16.4 Å². The second kappa shape index (κ2) is 9.60. The predicted octanol–water partition coefficient (Wildman–Crippen LogP) is 3.52. The average molecular weight is 446 g/mol. The molecule has 0 saturated carbocycles. The van der Waals surface area contributed by atoms with Crippen molar-refractivity contribution < 1.29 is 17.9 Å². The topological polar surface area (TPSA) is 97.4 Å². The van der Waals surface area contributed by atoms with E-state index in [0.717, 1.165) is 5.69 Å². The van der Waals surface area contributed by atoms with E-state index in [0.29, 0.717) is 23.7 Å². The van der Waals surface area contributed by atoms with Gasteiger partial charge in [0.25, 0.3) is 15.9 Å². The number of halogens is 1. The van der Waals surface area contributed by atoms with Crippen LogP contribution in [0.5, 0.6) is 5.75 Å². The van der Waals surface area contributed by atoms with Gasteiger partial charge in [0.15, 0.2) is 0 Å². The quantitative estimate of drug-likeness (QED) is 0.553. The lowest BCUT2D eigenvalue weighted by Gasteiger charge is -2.13. The molecular weight excluding hydrogens is 426 g/mol. The number of hydrogen-bond acceptors (Lipinski definition) is 5. The Labute approximate surface area is 180 Å². The summed E-state index contributed by atoms with van der Waals surface area (Å²) in [6.45, 7) is 0.380. The molecule has 9 heteroatoms. The number of carbonyl (C=O) groups is 1. The largest absolute Gasteiger partial charge is 0.495 e. The smallest absolute Gasteiger partial charge is 0.262 e. The summed E-state index contributed by atoms with van der Waals surface area (Å²) in [7, 11) is -2.53. The van der Waals surface area contributed by atoms with Crippen LogP contribution < -0.4 is 14.8 Å². The van der Waals surface area contributed by atoms with E-state index in [1.807, 2.05) is 18.2 Å². The van der Waals surface area contributed by atoms with Crippen molar-refractivity contribution in [3.05, 3.63) is 83.1 Å². The molecule has 0 aliphatic carbocycles. The van der Waals surface area contributed by atoms with Gasteiger partial charge >= 0.3 is 0 Å². The van der Waals surface area contributed by atoms with Crippen molar-refractivity contribution in [2.45, 2.75) is 11.3 Å². The minimum atomic E-state index is -3.96. The normalized spacial score (nSPS) is 11.0. The molecule has 0 bridgehead atoms. The Morgan fingerprint density at radius 3 is 2.67 bits per heavy atom. The molecule has 7 nitrogen and oxygen atoms in total. The second-order valence-corrected chi connectivity index (χ2v) is 8.42. The molecule has 0 atom stereocenters. The predicted molar refractivity (Wildman–Crippen MR) is 116 cm³/mol. The van der Waals surface area contributed by atoms with Crippen molar-refractivity contribution in [3.8, 4) is 5.75 Å². The number of hydrogen-bond donors (Lipinski definition) is 2. The molecule has 1 aromatic heterocycles. The third-order valence-electron chi connectivity index (χ3n) is 4.21. The summed E-state index contributed by atoms with van der Waals surface area (Å²) >= 11 is 5.96. The molecular formula is C21H20ClN3O4S. The number of amides is 1. The minimum absolute atomic E-state index is 0.0538. The van der Waals surface area contributed by atoms with E-state index in [4.69, 9.17) is 16.3 Å². The van der Waals surface area contributed by atoms with Crippen LogP contribution in [0.4, 0.5) is 5.69 Å². The van der Waals surface area contributed by atoms with E-state index in [2.05, 4.69) is 15.0 Å². The summed E-state index contributed by atoms with van der Waals surface area (Å²) < 4.78 is 33.2. The van der Waals surface area contributed by atoms with Crippen LogP contribution in [0.3, 0.4) is 0 Å². The fourth-order valence-electron chi connectivity index (χ4n) is 2.72. The summed E-state index contributed by atoms with van der Waals surface area (Å²) in [4.78, 5) is 16.6. The van der Waals surface area contributed by atoms with Crippen molar-refractivity contribution in [2.75, 3.05) is 18.4 Å². The van der Waals surface area contributed by atoms with E-state index >= 15 is 0 Å². The molecule has 0 aliphatic heterocycles. The van der Waals surface area contributed by atoms with Crippen LogP contribution in [0, 0.1) is 0 Å². The summed E-state index contributed by atoms with van der Waals surface area (Å²) in [6.07, 6.45) is 2.26. The van der Waals surface area contributed by atoms with Crippen LogP contribution in [-0.4, -0.2) is 33.0 Å². The van der Waals surface area contributed by atoms with E-state index in [9.17, 15) is 13.2 Å². The maximum absolute atomic E-state index is 12.8. The lowest BCUT2D eigenvalue weighted by atomic mass is 10.2. The highest BCUT2D eigenvalue weighted by atomic mass is 35.5. The number of nitrogens with one attached hydrogen (secondary N) is 2. The van der Waals surface area contributed by atoms with Gasteiger partial charge in [-0.1, -0.05) is 23.7 Å². The Balaban J connectivity index is 1.72. The average Bonchev–Trinajstić information content (AvgIpc) is 2.74. The highest BCUT2D eigenvalue weighted by Gasteiger charge is 2.18. The van der Waals surface area contributed by atoms with Crippen LogP contribution in [0.25, 0.3) is 0 Å². The van der Waals surface area contributed by atoms with Crippen molar-refractivity contribution in [2.24, 2.45) is 0 Å². The molecule has 2 N–H and O–H groups in total. The van der Waals surface area contributed by atoms with Crippen molar-refractivity contribution in [1.29, 1.82) is 0 Å². The van der Waals surface area contributed by atoms with Crippen molar-refractivity contribution in [1.82, 2.24) is 10.3 Å². The summed E-state index contributed by atoms with van der Waals surface area (Å²) in [5.41, 5.74) is 1.29. The number of anilines is 1. The first-order valence-corrected chi connectivity index (χ1v) is 10.9. The summed E-state index contributed by atoms with van der Waals surface area (Å²) in [5, 5.41) is 3.13. The van der Waals surface area contributed by atoms with Gasteiger partial charge in [-0.2, -0.15) is 0 Å². The van der Waals surface area contributed by atoms with Crippen molar-refractivity contribution in [3.63, 3.8) is 0 Å². The van der Waals surface area contributed by atoms with Gasteiger partial charge in [-0.15, -0.1) is 0 Å². The van der Waals surface area contributed by atoms with Crippen LogP contribution in [0.15, 0.2) is 71.8 Å². The molecule has 3 aromatic rings. The van der Waals surface area contributed by atoms with Gasteiger partial charge in [-0.3, -0.25) is 14.5 Å². The SMILES string of the molecule is COc1ccc(Cl)cc1NS(=O)(=O)c1cccc(C(=O)NCCc2ccccn2)c1. The maximum atomic E-state index is 12.8. The molecule has 0 saturated heterocycles. The van der Waals surface area contributed by atoms with E-state index in [-0.39, 0.29) is 22.1 Å². The number of ether oxygens (including phenoxy) is 1. The Bertz CT molecular complexity index is 1140. The molecule has 0 aliphatic rings. The molecule has 156 valence electrons. The number of rotatable bonds is 8. The van der Waals surface area contributed by atoms with Gasteiger partial charge in [0.1, 0.15) is 5.75 Å². The Morgan fingerprint density at radius 1 is 1.10 bits per heavy atom. The Hall–Kier alpha value is -3.10. The molecule has 0 radical (unpaired) electrons. The van der Waals surface area contributed by atoms with E-state index in [1.165, 1.54) is 31.4 Å². The van der Waals surface area contributed by atoms with Gasteiger partial charge in [0.05, 0.1) is 17.7 Å². The minimum Gasteiger partial charge on any atom is -0.495 e. The summed E-state index contributed by atoms with van der Waals surface area (Å²) in [6, 6.07) is 16.0. The zero-order chi connectivity index (χ0) is 21.6. The number of pyridine rings is 1. The van der Waals surface area contributed by atoms with E-state index < -0.39 is 10.0 Å². The van der Waals surface area contributed by atoms with E-state index in [1.54, 1.807) is 24.4 Å². The zero-order valence-corrected chi connectivity index (χ0v) is 17.7. The monoisotopic (exact) mass is 445 g/mol. The molecule has 1 heterocycles. The maximum Gasteiger partial charge on any atom is 0.262 e. The van der Waals surface area contributed by atoms with Gasteiger partial charge < -0.3 is 10.1 Å². The Kier molecular flexibility index (Phi) is 6.91. The van der Waals surface area contributed by atoms with Crippen LogP contribution in [0.2, 0.25) is 5.02 Å². The van der Waals surface area contributed by atoms with Gasteiger partial charge in [0.2, 0.25) is 0 Å². The fraction of sp³-hybridized carbons (Fsp3) is 0.143. The van der Waals surface area contributed by atoms with Crippen molar-refractivity contribution >= 4 is 33.2 Å². The molecule has 0 unspecified atom stereocenters. The second-order valence-electron chi connectivity index (χ2n) is 6.30. The van der Waals surface area contributed by atoms with Crippen LogP contribution in [0.1, 0.15) is 16.1 Å². The highest BCUT2D eigenvalue weighted by molar-refractivity contribution is 7.92. The molecule has 0 spiro atoms. The molecule has 30 heavy (non-hydrogen) atoms. The lowest BCUT2D eigenvalue weighted by molar-refractivity contribution is 0.0954. The first-order valence-electron chi connectivity index (χ1n) is 9.03. The van der Waals surface area contributed by atoms with Gasteiger partial charge in [0, 0.05) is 35.4 Å². The standard InChI is InChI=1S/C21H20ClN3O4S/c1-29-20-9-8-16(22)14-19(20)25-30(27,28)18-7-4-5-15(13-18)21(26)24-12-10-17-6-2-3-11-23-17/h2-9,11,13-14,25H,10,12H2,1H3,(H,24,26). The zero-order valence-electron chi connectivity index (χ0n) is 16.1.